The van der Waals surface area contributed by atoms with Crippen LogP contribution in [0.15, 0.2) is 153 Å². The molecule has 0 saturated carbocycles. The topological polar surface area (TPSA) is 241 Å². The zero-order chi connectivity index (χ0) is 57.5. The first kappa shape index (κ1) is 57.7. The fourth-order valence-electron chi connectivity index (χ4n) is 8.67. The number of hydrogen-bond acceptors (Lipinski definition) is 14. The lowest BCUT2D eigenvalue weighted by Gasteiger charge is -2.16. The molecule has 4 N–H and O–H groups in total. The highest BCUT2D eigenvalue weighted by molar-refractivity contribution is 9.69. The predicted octanol–water partition coefficient (Wildman–Crippen LogP) is 8.45. The van der Waals surface area contributed by atoms with Crippen LogP contribution in [0.25, 0.3) is 45.1 Å². The molecule has 4 aromatic heterocycles. The van der Waals surface area contributed by atoms with Crippen molar-refractivity contribution >= 4 is 72.8 Å². The van der Waals surface area contributed by atoms with E-state index in [0.717, 1.165) is 25.8 Å². The normalized spacial score (nSPS) is 10.9. The number of methoxy groups -OCH3 is 2. The number of aromatic hydroxyl groups is 4. The summed E-state index contributed by atoms with van der Waals surface area (Å²) < 4.78 is 31.8. The number of phenolic OH excluding ortho intramolecular Hbond substituents is 4. The van der Waals surface area contributed by atoms with Crippen LogP contribution in [0.5, 0.6) is 46.0 Å². The molecular weight excluding hydrogens is 1230 g/mol. The van der Waals surface area contributed by atoms with Crippen molar-refractivity contribution in [3.05, 3.63) is 197 Å². The molecule has 0 unspecified atom stereocenters. The van der Waals surface area contributed by atoms with Gasteiger partial charge in [0.15, 0.2) is 68.3 Å². The molecule has 20 nitrogen and oxygen atoms in total. The van der Waals surface area contributed by atoms with Crippen LogP contribution >= 0.6 is 47.3 Å². The van der Waals surface area contributed by atoms with E-state index in [0.29, 0.717) is 64.2 Å². The molecule has 0 atom stereocenters. The minimum Gasteiger partial charge on any atom is -0.504 e. The monoisotopic (exact) mass is 1280 g/mol. The third-order valence-electron chi connectivity index (χ3n) is 12.8. The van der Waals surface area contributed by atoms with E-state index in [9.17, 15) is 39.6 Å². The maximum absolute atomic E-state index is 13.6. The van der Waals surface area contributed by atoms with Gasteiger partial charge in [0.25, 0.3) is 11.1 Å². The SMILES string of the molecule is BrB(Br)Br.COc1ccc(-c2nc3c(c(=O)n(C)c(=O)n3C)n2Cc2ccc(OCc3ccccc3)c(OCc3ccccc3)c2)cc1OC.Cn1c(=O)c2c(nc(-c3ccc(O)c(O)c3)n2Cc2ccc(O)c(O)c2)n(C)c1=O. The Hall–Kier alpha value is -8.48. The summed E-state index contributed by atoms with van der Waals surface area (Å²) in [5.74, 6) is 1.71. The van der Waals surface area contributed by atoms with Gasteiger partial charge in [0.2, 0.25) is 0 Å². The van der Waals surface area contributed by atoms with E-state index >= 15 is 0 Å². The highest BCUT2D eigenvalue weighted by Gasteiger charge is 2.24. The molecule has 0 bridgehead atoms. The van der Waals surface area contributed by atoms with Gasteiger partial charge in [-0.25, -0.2) is 19.6 Å². The summed E-state index contributed by atoms with van der Waals surface area (Å²) in [5.41, 5.74) is 3.41. The molecule has 0 fully saturated rings. The number of hydrogen-bond donors (Lipinski definition) is 4. The van der Waals surface area contributed by atoms with E-state index in [4.69, 9.17) is 23.9 Å². The van der Waals surface area contributed by atoms with Crippen molar-refractivity contribution in [1.29, 1.82) is 0 Å². The molecule has 10 aromatic rings. The number of phenols is 4. The summed E-state index contributed by atoms with van der Waals surface area (Å²) in [6, 6.07) is 39.3. The molecule has 412 valence electrons. The minimum atomic E-state index is -0.558. The summed E-state index contributed by atoms with van der Waals surface area (Å²) in [6.07, 6.45) is 0. The number of halogens is 3. The molecule has 0 aliphatic rings. The lowest BCUT2D eigenvalue weighted by molar-refractivity contribution is 0.255. The minimum absolute atomic E-state index is 0.0781. The summed E-state index contributed by atoms with van der Waals surface area (Å²) in [5, 5.41) is 38.9. The smallest absolute Gasteiger partial charge is 0.369 e. The van der Waals surface area contributed by atoms with Crippen molar-refractivity contribution in [3.8, 4) is 68.8 Å². The summed E-state index contributed by atoms with van der Waals surface area (Å²) in [4.78, 5) is 61.0. The first-order valence-electron chi connectivity index (χ1n) is 24.3. The standard InChI is InChI=1S/C36H34N4O6.C20H18N4O6.BBr3/c1-38-34-32(35(41)39(2)36(38)42)40(33(37-34)27-16-18-28(43-3)30(20-27)44-4)21-26-15-17-29(45-22-24-11-7-5-8-12-24)31(19-26)46-23-25-13-9-6-10-14-25;1-22-18-16(19(29)23(2)20(22)30)24(9-10-3-5-12(25)14(27)7-10)17(21-18)11-4-6-13(26)15(28)8-11;2-1(3)4/h5-20H,21-23H2,1-4H3;3-8,25-28H,9H2,1-2H3;. The maximum Gasteiger partial charge on any atom is 0.369 e. The van der Waals surface area contributed by atoms with Gasteiger partial charge >= 0.3 is 14.6 Å². The molecule has 4 heterocycles. The molecular formula is C56H52BBr3N8O12. The lowest BCUT2D eigenvalue weighted by Crippen LogP contribution is -2.37. The summed E-state index contributed by atoms with van der Waals surface area (Å²) in [7, 11) is 9.05. The molecule has 0 spiro atoms. The Bertz CT molecular complexity index is 4140. The van der Waals surface area contributed by atoms with Gasteiger partial charge < -0.3 is 48.5 Å². The van der Waals surface area contributed by atoms with Crippen molar-refractivity contribution in [2.24, 2.45) is 28.2 Å². The van der Waals surface area contributed by atoms with E-state index in [1.807, 2.05) is 89.5 Å². The summed E-state index contributed by atoms with van der Waals surface area (Å²) >= 11 is 9.31. The Balaban J connectivity index is 0.000000213. The Morgan fingerprint density at radius 2 is 0.863 bits per heavy atom. The Morgan fingerprint density at radius 1 is 0.450 bits per heavy atom. The van der Waals surface area contributed by atoms with Gasteiger partial charge in [0.05, 0.1) is 27.3 Å². The zero-order valence-corrected chi connectivity index (χ0v) is 48.6. The largest absolute Gasteiger partial charge is 0.504 e. The molecule has 0 amide bonds. The number of fused-ring (bicyclic) bond motifs is 2. The maximum atomic E-state index is 13.6. The number of benzene rings is 6. The van der Waals surface area contributed by atoms with Gasteiger partial charge in [0, 0.05) is 39.3 Å². The Kier molecular flexibility index (Phi) is 18.1. The van der Waals surface area contributed by atoms with Crippen LogP contribution in [0.3, 0.4) is 0 Å². The van der Waals surface area contributed by atoms with Crippen LogP contribution in [0.2, 0.25) is 0 Å². The van der Waals surface area contributed by atoms with Gasteiger partial charge in [-0.15, -0.1) is 47.3 Å². The van der Waals surface area contributed by atoms with Gasteiger partial charge in [-0.05, 0) is 82.9 Å². The highest BCUT2D eigenvalue weighted by Crippen LogP contribution is 2.36. The first-order valence-corrected chi connectivity index (χ1v) is 27.0. The van der Waals surface area contributed by atoms with Crippen LogP contribution in [0.1, 0.15) is 22.3 Å². The second-order valence-corrected chi connectivity index (χ2v) is 24.4. The van der Waals surface area contributed by atoms with E-state index in [1.165, 1.54) is 60.6 Å². The predicted molar refractivity (Wildman–Crippen MR) is 316 cm³/mol. The van der Waals surface area contributed by atoms with Crippen molar-refractivity contribution in [2.45, 2.75) is 26.3 Å². The number of aromatic nitrogens is 8. The number of aryl methyl sites for hydroxylation is 2. The van der Waals surface area contributed by atoms with E-state index < -0.39 is 22.5 Å². The second-order valence-electron chi connectivity index (χ2n) is 18.0. The average Bonchev–Trinajstić information content (AvgIpc) is 4.08. The molecule has 0 saturated heterocycles. The molecule has 80 heavy (non-hydrogen) atoms. The van der Waals surface area contributed by atoms with E-state index in [2.05, 4.69) is 52.3 Å². The molecule has 6 aromatic carbocycles. The quantitative estimate of drug-likeness (QED) is 0.0590. The van der Waals surface area contributed by atoms with Gasteiger partial charge in [-0.1, -0.05) is 72.8 Å². The van der Waals surface area contributed by atoms with Gasteiger partial charge in [-0.3, -0.25) is 27.9 Å². The summed E-state index contributed by atoms with van der Waals surface area (Å²) in [6.45, 7) is 1.06. The Morgan fingerprint density at radius 3 is 1.34 bits per heavy atom. The Labute approximate surface area is 481 Å². The van der Waals surface area contributed by atoms with Crippen molar-refractivity contribution < 1.29 is 39.4 Å². The van der Waals surface area contributed by atoms with E-state index in [-0.39, 0.29) is 61.9 Å². The van der Waals surface area contributed by atoms with Crippen molar-refractivity contribution in [3.63, 3.8) is 0 Å². The van der Waals surface area contributed by atoms with Crippen LogP contribution in [-0.4, -0.2) is 75.2 Å². The van der Waals surface area contributed by atoms with Crippen LogP contribution in [0, 0.1) is 0 Å². The number of imidazole rings is 2. The average molecular weight is 1280 g/mol. The van der Waals surface area contributed by atoms with Crippen LogP contribution < -0.4 is 41.4 Å². The first-order chi connectivity index (χ1) is 38.3. The second kappa shape index (κ2) is 25.1. The number of nitrogens with zero attached hydrogens (tertiary/aromatic N) is 8. The zero-order valence-electron chi connectivity index (χ0n) is 43.9. The van der Waals surface area contributed by atoms with Crippen LogP contribution in [-0.2, 0) is 54.5 Å². The molecule has 10 rings (SSSR count). The number of ether oxygens (including phenoxy) is 4. The van der Waals surface area contributed by atoms with Gasteiger partial charge in [-0.2, -0.15) is 0 Å². The molecule has 0 aliphatic carbocycles. The fraction of sp³-hybridized carbons (Fsp3) is 0.179. The van der Waals surface area contributed by atoms with E-state index in [1.54, 1.807) is 44.0 Å². The van der Waals surface area contributed by atoms with Crippen LogP contribution in [0.4, 0.5) is 0 Å². The molecule has 0 radical (unpaired) electrons. The van der Waals surface area contributed by atoms with Gasteiger partial charge in [0.1, 0.15) is 24.9 Å². The number of rotatable bonds is 14. The van der Waals surface area contributed by atoms with Crippen molar-refractivity contribution in [2.75, 3.05) is 14.2 Å². The molecule has 24 heteroatoms. The third-order valence-corrected chi connectivity index (χ3v) is 12.8. The fourth-order valence-corrected chi connectivity index (χ4v) is 8.67. The lowest BCUT2D eigenvalue weighted by atomic mass is 10.1. The van der Waals surface area contributed by atoms with Crippen molar-refractivity contribution in [1.82, 2.24) is 37.4 Å². The third kappa shape index (κ3) is 12.5. The molecule has 0 aliphatic heterocycles. The highest BCUT2D eigenvalue weighted by atomic mass is 79.9.